The second-order valence-electron chi connectivity index (χ2n) is 6.68. The van der Waals surface area contributed by atoms with Crippen LogP contribution in [0, 0.1) is 11.7 Å². The number of methoxy groups -OCH3 is 1. The molecule has 2 rings (SSSR count). The van der Waals surface area contributed by atoms with Gasteiger partial charge in [0.25, 0.3) is 0 Å². The van der Waals surface area contributed by atoms with Crippen LogP contribution in [0.3, 0.4) is 0 Å². The third-order valence-electron chi connectivity index (χ3n) is 4.06. The summed E-state index contributed by atoms with van der Waals surface area (Å²) in [6, 6.07) is 11.2. The topological polar surface area (TPSA) is 64.6 Å². The quantitative estimate of drug-likeness (QED) is 0.757. The minimum absolute atomic E-state index is 0.309. The molecule has 0 fully saturated rings. The maximum atomic E-state index is 14.6. The number of carbonyl (C=O) groups excluding carboxylic acids is 2. The molecule has 0 aromatic heterocycles. The summed E-state index contributed by atoms with van der Waals surface area (Å²) < 4.78 is 24.5. The van der Waals surface area contributed by atoms with Gasteiger partial charge in [-0.2, -0.15) is 0 Å². The summed E-state index contributed by atoms with van der Waals surface area (Å²) in [4.78, 5) is 23.4. The molecule has 0 saturated heterocycles. The van der Waals surface area contributed by atoms with E-state index >= 15 is 0 Å². The first-order valence-electron chi connectivity index (χ1n) is 8.75. The van der Waals surface area contributed by atoms with Gasteiger partial charge in [0.2, 0.25) is 0 Å². The van der Waals surface area contributed by atoms with Crippen LogP contribution in [0.5, 0.6) is 5.75 Å². The third kappa shape index (κ3) is 5.54. The van der Waals surface area contributed by atoms with Crippen molar-refractivity contribution < 1.29 is 23.5 Å². The van der Waals surface area contributed by atoms with Crippen molar-refractivity contribution in [2.75, 3.05) is 13.7 Å². The number of nitrogens with one attached hydrogen (secondary N) is 1. The van der Waals surface area contributed by atoms with Crippen molar-refractivity contribution in [1.82, 2.24) is 5.32 Å². The summed E-state index contributed by atoms with van der Waals surface area (Å²) in [5, 5.41) is 2.66. The molecule has 0 bridgehead atoms. The van der Waals surface area contributed by atoms with Gasteiger partial charge in [-0.05, 0) is 42.2 Å². The SMILES string of the molecule is COC(=O)C(C)c1ccc(-c2cccc(OC(=O)NCC(C)C)c2)c(F)c1. The molecule has 1 atom stereocenters. The van der Waals surface area contributed by atoms with E-state index in [2.05, 4.69) is 5.32 Å². The van der Waals surface area contributed by atoms with E-state index in [4.69, 9.17) is 9.47 Å². The largest absolute Gasteiger partial charge is 0.469 e. The average Bonchev–Trinajstić information content (AvgIpc) is 2.65. The van der Waals surface area contributed by atoms with Crippen LogP contribution in [0.1, 0.15) is 32.3 Å². The molecule has 0 aliphatic rings. The molecule has 0 aliphatic carbocycles. The second kappa shape index (κ2) is 9.16. The summed E-state index contributed by atoms with van der Waals surface area (Å²) in [6.07, 6.45) is -0.552. The third-order valence-corrected chi connectivity index (χ3v) is 4.06. The first-order valence-corrected chi connectivity index (χ1v) is 8.75. The van der Waals surface area contributed by atoms with E-state index in [0.29, 0.717) is 34.9 Å². The summed E-state index contributed by atoms with van der Waals surface area (Å²) in [6.45, 7) is 6.13. The number of ether oxygens (including phenoxy) is 2. The number of esters is 1. The first kappa shape index (κ1) is 20.4. The molecule has 1 N–H and O–H groups in total. The number of halogens is 1. The average molecular weight is 373 g/mol. The fraction of sp³-hybridized carbons (Fsp3) is 0.333. The van der Waals surface area contributed by atoms with Crippen molar-refractivity contribution in [2.24, 2.45) is 5.92 Å². The van der Waals surface area contributed by atoms with Gasteiger partial charge in [-0.25, -0.2) is 9.18 Å². The zero-order valence-corrected chi connectivity index (χ0v) is 15.9. The fourth-order valence-corrected chi connectivity index (χ4v) is 2.51. The van der Waals surface area contributed by atoms with Crippen LogP contribution in [-0.2, 0) is 9.53 Å². The Kier molecular flexibility index (Phi) is 6.93. The lowest BCUT2D eigenvalue weighted by molar-refractivity contribution is -0.141. The van der Waals surface area contributed by atoms with Crippen LogP contribution < -0.4 is 10.1 Å². The highest BCUT2D eigenvalue weighted by molar-refractivity contribution is 5.78. The Balaban J connectivity index is 2.19. The number of hydrogen-bond donors (Lipinski definition) is 1. The molecule has 6 heteroatoms. The van der Waals surface area contributed by atoms with Crippen molar-refractivity contribution in [3.63, 3.8) is 0 Å². The zero-order valence-electron chi connectivity index (χ0n) is 15.9. The van der Waals surface area contributed by atoms with Crippen LogP contribution >= 0.6 is 0 Å². The Hall–Kier alpha value is -2.89. The van der Waals surface area contributed by atoms with Gasteiger partial charge in [0.15, 0.2) is 0 Å². The second-order valence-corrected chi connectivity index (χ2v) is 6.68. The Morgan fingerprint density at radius 2 is 1.85 bits per heavy atom. The number of rotatable bonds is 6. The molecular formula is C21H24FNO4. The summed E-state index contributed by atoms with van der Waals surface area (Å²) >= 11 is 0. The zero-order chi connectivity index (χ0) is 20.0. The highest BCUT2D eigenvalue weighted by Crippen LogP contribution is 2.29. The summed E-state index contributed by atoms with van der Waals surface area (Å²) in [5.41, 5.74) is 1.45. The summed E-state index contributed by atoms with van der Waals surface area (Å²) in [7, 11) is 1.30. The number of hydrogen-bond acceptors (Lipinski definition) is 4. The highest BCUT2D eigenvalue weighted by atomic mass is 19.1. The normalized spacial score (nSPS) is 11.8. The lowest BCUT2D eigenvalue weighted by Crippen LogP contribution is -2.30. The monoisotopic (exact) mass is 373 g/mol. The van der Waals surface area contributed by atoms with Crippen molar-refractivity contribution in [3.8, 4) is 16.9 Å². The minimum atomic E-state index is -0.558. The lowest BCUT2D eigenvalue weighted by atomic mass is 9.97. The Morgan fingerprint density at radius 3 is 2.48 bits per heavy atom. The molecule has 0 saturated carbocycles. The molecular weight excluding hydrogens is 349 g/mol. The van der Waals surface area contributed by atoms with Gasteiger partial charge in [0, 0.05) is 12.1 Å². The van der Waals surface area contributed by atoms with Gasteiger partial charge in [-0.1, -0.05) is 38.1 Å². The van der Waals surface area contributed by atoms with Crippen LogP contribution in [0.2, 0.25) is 0 Å². The van der Waals surface area contributed by atoms with Gasteiger partial charge in [-0.15, -0.1) is 0 Å². The number of carbonyl (C=O) groups is 2. The molecule has 1 amide bonds. The van der Waals surface area contributed by atoms with E-state index in [1.165, 1.54) is 13.2 Å². The molecule has 5 nitrogen and oxygen atoms in total. The van der Waals surface area contributed by atoms with Gasteiger partial charge in [0.1, 0.15) is 11.6 Å². The first-order chi connectivity index (χ1) is 12.8. The van der Waals surface area contributed by atoms with E-state index in [-0.39, 0.29) is 0 Å². The number of amides is 1. The smallest absolute Gasteiger partial charge is 0.412 e. The van der Waals surface area contributed by atoms with E-state index in [9.17, 15) is 14.0 Å². The van der Waals surface area contributed by atoms with Crippen LogP contribution in [0.4, 0.5) is 9.18 Å². The van der Waals surface area contributed by atoms with E-state index in [0.717, 1.165) is 0 Å². The van der Waals surface area contributed by atoms with Gasteiger partial charge >= 0.3 is 12.1 Å². The maximum Gasteiger partial charge on any atom is 0.412 e. The standard InChI is InChI=1S/C21H24FNO4/c1-13(2)12-23-21(25)27-17-7-5-6-16(10-17)18-9-8-15(11-19(18)22)14(3)20(24)26-4/h5-11,13-14H,12H2,1-4H3,(H,23,25). The molecule has 2 aromatic rings. The molecule has 0 radical (unpaired) electrons. The number of benzene rings is 2. The lowest BCUT2D eigenvalue weighted by Gasteiger charge is -2.12. The van der Waals surface area contributed by atoms with Crippen LogP contribution in [-0.4, -0.2) is 25.7 Å². The molecule has 0 aliphatic heterocycles. The Bertz CT molecular complexity index is 820. The molecule has 27 heavy (non-hydrogen) atoms. The fourth-order valence-electron chi connectivity index (χ4n) is 2.51. The maximum absolute atomic E-state index is 14.6. The van der Waals surface area contributed by atoms with Gasteiger partial charge in [0.05, 0.1) is 13.0 Å². The predicted octanol–water partition coefficient (Wildman–Crippen LogP) is 4.51. The van der Waals surface area contributed by atoms with Crippen molar-refractivity contribution in [2.45, 2.75) is 26.7 Å². The van der Waals surface area contributed by atoms with Crippen LogP contribution in [0.15, 0.2) is 42.5 Å². The summed E-state index contributed by atoms with van der Waals surface area (Å²) in [5.74, 6) is -0.823. The van der Waals surface area contributed by atoms with Crippen molar-refractivity contribution in [1.29, 1.82) is 0 Å². The molecule has 0 spiro atoms. The van der Waals surface area contributed by atoms with E-state index in [1.807, 2.05) is 13.8 Å². The van der Waals surface area contributed by atoms with Crippen molar-refractivity contribution >= 4 is 12.1 Å². The van der Waals surface area contributed by atoms with Crippen molar-refractivity contribution in [3.05, 3.63) is 53.8 Å². The van der Waals surface area contributed by atoms with Gasteiger partial charge in [-0.3, -0.25) is 4.79 Å². The van der Waals surface area contributed by atoms with E-state index in [1.54, 1.807) is 43.3 Å². The predicted molar refractivity (Wildman–Crippen MR) is 101 cm³/mol. The highest BCUT2D eigenvalue weighted by Gasteiger charge is 2.18. The molecule has 2 aromatic carbocycles. The van der Waals surface area contributed by atoms with Crippen LogP contribution in [0.25, 0.3) is 11.1 Å². The Morgan fingerprint density at radius 1 is 1.11 bits per heavy atom. The molecule has 144 valence electrons. The van der Waals surface area contributed by atoms with Gasteiger partial charge < -0.3 is 14.8 Å². The minimum Gasteiger partial charge on any atom is -0.469 e. The Labute approximate surface area is 158 Å². The van der Waals surface area contributed by atoms with E-state index < -0.39 is 23.8 Å². The molecule has 1 unspecified atom stereocenters. The molecule has 0 heterocycles.